The molecule has 3 N–H and O–H groups in total. The first-order valence-electron chi connectivity index (χ1n) is 10.0. The van der Waals surface area contributed by atoms with Gasteiger partial charge in [-0.05, 0) is 33.1 Å². The number of carbonyl (C=O) groups is 2. The zero-order valence-corrected chi connectivity index (χ0v) is 22.9. The number of rotatable bonds is 8. The Morgan fingerprint density at radius 1 is 1.21 bits per heavy atom. The summed E-state index contributed by atoms with van der Waals surface area (Å²) in [6.45, 7) is 9.48. The van der Waals surface area contributed by atoms with Crippen molar-refractivity contribution in [3.63, 3.8) is 0 Å². The van der Waals surface area contributed by atoms with Crippen LogP contribution in [-0.2, 0) is 14.3 Å². The number of aliphatic hydroxyl groups excluding tert-OH is 1. The van der Waals surface area contributed by atoms with E-state index in [0.717, 1.165) is 25.7 Å². The summed E-state index contributed by atoms with van der Waals surface area (Å²) < 4.78 is 10.1. The molecule has 1 amide bonds. The number of hydrogen-bond acceptors (Lipinski definition) is 5. The van der Waals surface area contributed by atoms with E-state index in [4.69, 9.17) is 15.2 Å². The van der Waals surface area contributed by atoms with Crippen LogP contribution in [0.5, 0.6) is 0 Å². The minimum atomic E-state index is -1.02. The van der Waals surface area contributed by atoms with Gasteiger partial charge in [0.25, 0.3) is 0 Å². The molecule has 0 heterocycles. The first kappa shape index (κ1) is 28.1. The fraction of sp³-hybridized carbons (Fsp3) is 0.900. The van der Waals surface area contributed by atoms with Gasteiger partial charge in [-0.3, -0.25) is 4.79 Å². The number of methoxy groups -OCH3 is 1. The molecule has 1 unspecified atom stereocenters. The van der Waals surface area contributed by atoms with Crippen LogP contribution in [0.4, 0.5) is 4.79 Å². The van der Waals surface area contributed by atoms with E-state index in [1.54, 1.807) is 20.8 Å². The van der Waals surface area contributed by atoms with Crippen molar-refractivity contribution in [3.8, 4) is 0 Å². The Balaban J connectivity index is 0.00000729. The van der Waals surface area contributed by atoms with Crippen molar-refractivity contribution in [3.05, 3.63) is 5.73 Å². The Morgan fingerprint density at radius 2 is 1.75 bits per heavy atom. The Bertz CT molecular complexity index is 491. The fourth-order valence-electron chi connectivity index (χ4n) is 4.10. The van der Waals surface area contributed by atoms with Crippen molar-refractivity contribution in [2.45, 2.75) is 90.5 Å². The summed E-state index contributed by atoms with van der Waals surface area (Å²) in [5.41, 5.74) is 8.16. The molecular formula is C20H37AcN2O5-. The molecule has 0 bridgehead atoms. The molecule has 8 heteroatoms. The Kier molecular flexibility index (Phi) is 12.8. The third-order valence-corrected chi connectivity index (χ3v) is 5.23. The van der Waals surface area contributed by atoms with E-state index in [-0.39, 0.29) is 56.4 Å². The van der Waals surface area contributed by atoms with Crippen LogP contribution >= 0.6 is 0 Å². The van der Waals surface area contributed by atoms with E-state index in [1.165, 1.54) is 7.11 Å². The van der Waals surface area contributed by atoms with Crippen LogP contribution in [0.15, 0.2) is 0 Å². The summed E-state index contributed by atoms with van der Waals surface area (Å²) in [5.74, 6) is -1.67. The van der Waals surface area contributed by atoms with Crippen molar-refractivity contribution >= 4 is 12.1 Å². The van der Waals surface area contributed by atoms with Gasteiger partial charge in [0.15, 0.2) is 0 Å². The molecule has 1 rings (SSSR count). The predicted molar refractivity (Wildman–Crippen MR) is 104 cm³/mol. The van der Waals surface area contributed by atoms with E-state index >= 15 is 0 Å². The maximum atomic E-state index is 12.3. The van der Waals surface area contributed by atoms with Gasteiger partial charge in [-0.25, -0.2) is 4.79 Å². The van der Waals surface area contributed by atoms with Gasteiger partial charge in [-0.1, -0.05) is 45.4 Å². The van der Waals surface area contributed by atoms with E-state index in [0.29, 0.717) is 0 Å². The van der Waals surface area contributed by atoms with E-state index < -0.39 is 47.7 Å². The minimum Gasteiger partial charge on any atom is -0.674 e. The van der Waals surface area contributed by atoms with Gasteiger partial charge < -0.3 is 25.6 Å². The maximum Gasteiger partial charge on any atom is 0.407 e. The van der Waals surface area contributed by atoms with Crippen LogP contribution in [0.3, 0.4) is 0 Å². The van der Waals surface area contributed by atoms with Crippen molar-refractivity contribution in [2.75, 3.05) is 7.11 Å². The Hall–Kier alpha value is 0.102. The number of esters is 1. The number of hydrogen-bond donors (Lipinski definition) is 2. The summed E-state index contributed by atoms with van der Waals surface area (Å²) >= 11 is 0. The average Bonchev–Trinajstić information content (AvgIpc) is 2.87. The number of carbonyl (C=O) groups excluding carboxylic acids is 2. The summed E-state index contributed by atoms with van der Waals surface area (Å²) in [7, 11) is 1.29. The summed E-state index contributed by atoms with van der Waals surface area (Å²) in [5, 5.41) is 13.6. The first-order valence-corrected chi connectivity index (χ1v) is 10.0. The second-order valence-electron chi connectivity index (χ2n) is 8.55. The van der Waals surface area contributed by atoms with Gasteiger partial charge >= 0.3 is 12.1 Å². The summed E-state index contributed by atoms with van der Waals surface area (Å²) in [6.07, 6.45) is 2.31. The summed E-state index contributed by atoms with van der Waals surface area (Å²) in [6, 6.07) is -1.08. The molecule has 1 saturated carbocycles. The van der Waals surface area contributed by atoms with Gasteiger partial charge in [-0.15, -0.1) is 6.04 Å². The molecule has 1 fully saturated rings. The molecule has 7 nitrogen and oxygen atoms in total. The van der Waals surface area contributed by atoms with Crippen LogP contribution in [0, 0.1) is 61.8 Å². The molecule has 0 aromatic carbocycles. The zero-order chi connectivity index (χ0) is 20.8. The van der Waals surface area contributed by atoms with Crippen molar-refractivity contribution < 1.29 is 68.2 Å². The predicted octanol–water partition coefficient (Wildman–Crippen LogP) is 3.69. The molecule has 0 aliphatic heterocycles. The smallest absolute Gasteiger partial charge is 0.407 e. The first-order chi connectivity index (χ1) is 12.6. The van der Waals surface area contributed by atoms with Gasteiger partial charge in [0.1, 0.15) is 5.60 Å². The van der Waals surface area contributed by atoms with E-state index in [2.05, 4.69) is 19.2 Å². The van der Waals surface area contributed by atoms with Crippen LogP contribution in [0.1, 0.15) is 66.7 Å². The molecule has 0 aromatic rings. The van der Waals surface area contributed by atoms with Crippen molar-refractivity contribution in [1.29, 1.82) is 0 Å². The number of nitrogens with one attached hydrogen (secondary N) is 2. The quantitative estimate of drug-likeness (QED) is 0.407. The standard InChI is InChI=1S/C20H37N2O5.Ac/c1-7-9-12(10-8-2)16(21)15-14(22-19(25)27-20(3,4)5)11-13(17(15)23)18(24)26-6;/h12-17,21,23H,7-11H2,1-6H3,(H,22,25);/q-1;/t13-,14+,15+,16?,17+;/m0./s1. The molecule has 1 radical (unpaired) electrons. The van der Waals surface area contributed by atoms with Crippen LogP contribution in [0.2, 0.25) is 0 Å². The average molecular weight is 613 g/mol. The largest absolute Gasteiger partial charge is 0.674 e. The van der Waals surface area contributed by atoms with Crippen molar-refractivity contribution in [2.24, 2.45) is 17.8 Å². The minimum absolute atomic E-state index is 0. The van der Waals surface area contributed by atoms with Gasteiger partial charge in [0.05, 0.1) is 19.1 Å². The molecule has 1 aliphatic carbocycles. The third-order valence-electron chi connectivity index (χ3n) is 5.23. The number of aliphatic hydroxyl groups is 1. The molecule has 28 heavy (non-hydrogen) atoms. The molecule has 0 aromatic heterocycles. The molecule has 0 spiro atoms. The van der Waals surface area contributed by atoms with Gasteiger partial charge in [0, 0.05) is 50.1 Å². The van der Waals surface area contributed by atoms with E-state index in [9.17, 15) is 14.7 Å². The molecule has 5 atom stereocenters. The van der Waals surface area contributed by atoms with Crippen LogP contribution in [-0.4, -0.2) is 48.1 Å². The monoisotopic (exact) mass is 612 g/mol. The van der Waals surface area contributed by atoms with Crippen LogP contribution < -0.4 is 5.32 Å². The second kappa shape index (κ2) is 12.7. The zero-order valence-electron chi connectivity index (χ0n) is 18.2. The maximum absolute atomic E-state index is 12.3. The molecule has 0 saturated heterocycles. The van der Waals surface area contributed by atoms with Crippen LogP contribution in [0.25, 0.3) is 5.73 Å². The molecule has 161 valence electrons. The SMILES string of the molecule is CCCC(CCC)C([NH-])[C@@H]1[C@H](O)[C@@H](C(=O)OC)C[C@H]1NC(=O)OC(C)(C)C.[Ac]. The van der Waals surface area contributed by atoms with Gasteiger partial charge in [0.2, 0.25) is 0 Å². The number of amides is 1. The normalized spacial score (nSPS) is 25.8. The van der Waals surface area contributed by atoms with Gasteiger partial charge in [-0.2, -0.15) is 0 Å². The number of ether oxygens (including phenoxy) is 2. The summed E-state index contributed by atoms with van der Waals surface area (Å²) in [4.78, 5) is 24.4. The topological polar surface area (TPSA) is 109 Å². The molecular weight excluding hydrogens is 575 g/mol. The number of alkyl carbamates (subject to hydrolysis) is 1. The van der Waals surface area contributed by atoms with Crippen molar-refractivity contribution in [1.82, 2.24) is 5.32 Å². The van der Waals surface area contributed by atoms with E-state index in [1.807, 2.05) is 0 Å². The Labute approximate surface area is 205 Å². The molecule has 1 aliphatic rings. The Morgan fingerprint density at radius 3 is 2.18 bits per heavy atom. The second-order valence-corrected chi connectivity index (χ2v) is 8.55. The third kappa shape index (κ3) is 8.09. The fourth-order valence-corrected chi connectivity index (χ4v) is 4.10.